The number of aryl methyl sites for hydroxylation is 3. The lowest BCUT2D eigenvalue weighted by Crippen LogP contribution is -2.32. The summed E-state index contributed by atoms with van der Waals surface area (Å²) < 4.78 is 5.45. The molecular formula is C25H24N4O3S. The molecule has 2 amide bonds. The maximum Gasteiger partial charge on any atom is 0.278 e. The average molecular weight is 461 g/mol. The van der Waals surface area contributed by atoms with Crippen LogP contribution in [0, 0.1) is 20.8 Å². The van der Waals surface area contributed by atoms with Gasteiger partial charge < -0.3 is 10.1 Å². The van der Waals surface area contributed by atoms with Crippen LogP contribution >= 0.6 is 11.8 Å². The normalized spacial score (nSPS) is 13.6. The Bertz CT molecular complexity index is 1240. The first-order chi connectivity index (χ1) is 15.9. The number of amides is 2. The minimum atomic E-state index is -0.403. The van der Waals surface area contributed by atoms with Crippen molar-refractivity contribution < 1.29 is 14.3 Å². The predicted octanol–water partition coefficient (Wildman–Crippen LogP) is 4.40. The van der Waals surface area contributed by atoms with Gasteiger partial charge in [0.2, 0.25) is 0 Å². The van der Waals surface area contributed by atoms with E-state index in [0.29, 0.717) is 16.6 Å². The van der Waals surface area contributed by atoms with E-state index in [2.05, 4.69) is 15.3 Å². The van der Waals surface area contributed by atoms with Crippen LogP contribution in [0.15, 0.2) is 70.4 Å². The summed E-state index contributed by atoms with van der Waals surface area (Å²) in [5, 5.41) is 3.58. The average Bonchev–Trinajstić information content (AvgIpc) is 2.98. The number of imide groups is 1. The maximum absolute atomic E-state index is 13.4. The van der Waals surface area contributed by atoms with E-state index in [4.69, 9.17) is 4.74 Å². The third-order valence-electron chi connectivity index (χ3n) is 5.08. The van der Waals surface area contributed by atoms with Crippen molar-refractivity contribution in [2.45, 2.75) is 32.5 Å². The lowest BCUT2D eigenvalue weighted by atomic mass is 10.2. The van der Waals surface area contributed by atoms with Crippen LogP contribution in [0.3, 0.4) is 0 Å². The number of hydrogen-bond acceptors (Lipinski definition) is 7. The number of nitrogens with zero attached hydrogens (tertiary/aromatic N) is 3. The van der Waals surface area contributed by atoms with Crippen LogP contribution in [0.2, 0.25) is 0 Å². The summed E-state index contributed by atoms with van der Waals surface area (Å²) in [6.45, 7) is 5.86. The standard InChI is InChI=1S/C25H24N4O3S/c1-15-10-11-20(32-4)19(12-15)28-21-22(33-25-26-16(2)13-17(3)27-25)24(31)29(23(21)30)14-18-8-6-5-7-9-18/h5-13,28H,14H2,1-4H3. The predicted molar refractivity (Wildman–Crippen MR) is 128 cm³/mol. The third-order valence-corrected chi connectivity index (χ3v) is 6.03. The van der Waals surface area contributed by atoms with Crippen LogP contribution in [-0.4, -0.2) is 33.8 Å². The Morgan fingerprint density at radius 1 is 0.939 bits per heavy atom. The molecule has 0 fully saturated rings. The Hall–Kier alpha value is -3.65. The molecule has 168 valence electrons. The van der Waals surface area contributed by atoms with Gasteiger partial charge >= 0.3 is 0 Å². The van der Waals surface area contributed by atoms with Crippen LogP contribution in [0.1, 0.15) is 22.5 Å². The molecule has 0 aliphatic carbocycles. The highest BCUT2D eigenvalue weighted by Crippen LogP contribution is 2.37. The second-order valence-corrected chi connectivity index (χ2v) is 8.73. The van der Waals surface area contributed by atoms with Gasteiger partial charge in [0.1, 0.15) is 16.4 Å². The number of rotatable bonds is 7. The molecule has 0 spiro atoms. The number of aromatic nitrogens is 2. The van der Waals surface area contributed by atoms with Crippen molar-refractivity contribution in [2.24, 2.45) is 0 Å². The van der Waals surface area contributed by atoms with Gasteiger partial charge in [0.25, 0.3) is 11.8 Å². The summed E-state index contributed by atoms with van der Waals surface area (Å²) in [7, 11) is 1.56. The van der Waals surface area contributed by atoms with E-state index >= 15 is 0 Å². The second kappa shape index (κ2) is 9.46. The molecule has 0 saturated carbocycles. The molecule has 0 saturated heterocycles. The minimum absolute atomic E-state index is 0.173. The molecular weight excluding hydrogens is 436 g/mol. The van der Waals surface area contributed by atoms with Gasteiger partial charge in [-0.3, -0.25) is 14.5 Å². The van der Waals surface area contributed by atoms with Gasteiger partial charge in [0.05, 0.1) is 19.3 Å². The Morgan fingerprint density at radius 2 is 1.64 bits per heavy atom. The van der Waals surface area contributed by atoms with E-state index < -0.39 is 5.91 Å². The van der Waals surface area contributed by atoms with E-state index in [1.807, 2.05) is 75.4 Å². The molecule has 0 bridgehead atoms. The van der Waals surface area contributed by atoms with Crippen LogP contribution in [0.5, 0.6) is 5.75 Å². The number of hydrogen-bond donors (Lipinski definition) is 1. The zero-order valence-corrected chi connectivity index (χ0v) is 19.7. The Balaban J connectivity index is 1.74. The topological polar surface area (TPSA) is 84.4 Å². The second-order valence-electron chi connectivity index (χ2n) is 7.75. The zero-order valence-electron chi connectivity index (χ0n) is 18.9. The molecule has 33 heavy (non-hydrogen) atoms. The number of ether oxygens (including phenoxy) is 1. The third kappa shape index (κ3) is 4.90. The van der Waals surface area contributed by atoms with Crippen LogP contribution < -0.4 is 10.1 Å². The number of methoxy groups -OCH3 is 1. The van der Waals surface area contributed by atoms with Crippen molar-refractivity contribution >= 4 is 29.3 Å². The SMILES string of the molecule is COc1ccc(C)cc1NC1=C(Sc2nc(C)cc(C)n2)C(=O)N(Cc2ccccc2)C1=O. The lowest BCUT2D eigenvalue weighted by Gasteiger charge is -2.16. The highest BCUT2D eigenvalue weighted by Gasteiger charge is 2.40. The van der Waals surface area contributed by atoms with Gasteiger partial charge in [-0.25, -0.2) is 9.97 Å². The summed E-state index contributed by atoms with van der Waals surface area (Å²) in [4.78, 5) is 37.2. The highest BCUT2D eigenvalue weighted by molar-refractivity contribution is 8.04. The molecule has 7 nitrogen and oxygen atoms in total. The first-order valence-corrected chi connectivity index (χ1v) is 11.2. The van der Waals surface area contributed by atoms with Crippen molar-refractivity contribution in [2.75, 3.05) is 12.4 Å². The molecule has 0 radical (unpaired) electrons. The molecule has 2 heterocycles. The number of carbonyl (C=O) groups excluding carboxylic acids is 2. The van der Waals surface area contributed by atoms with Crippen molar-refractivity contribution in [3.05, 3.63) is 87.7 Å². The number of nitrogens with one attached hydrogen (secondary N) is 1. The molecule has 3 aromatic rings. The van der Waals surface area contributed by atoms with E-state index in [9.17, 15) is 9.59 Å². The lowest BCUT2D eigenvalue weighted by molar-refractivity contribution is -0.137. The van der Waals surface area contributed by atoms with Crippen LogP contribution in [-0.2, 0) is 16.1 Å². The maximum atomic E-state index is 13.4. The van der Waals surface area contributed by atoms with Crippen molar-refractivity contribution in [3.63, 3.8) is 0 Å². The molecule has 0 atom stereocenters. The van der Waals surface area contributed by atoms with Gasteiger partial charge in [-0.05, 0) is 61.9 Å². The quantitative estimate of drug-likeness (QED) is 0.413. The van der Waals surface area contributed by atoms with Gasteiger partial charge in [0.15, 0.2) is 5.16 Å². The summed E-state index contributed by atoms with van der Waals surface area (Å²) >= 11 is 1.09. The first-order valence-electron chi connectivity index (χ1n) is 10.4. The molecule has 1 N–H and O–H groups in total. The Labute approximate surface area is 196 Å². The molecule has 1 aliphatic heterocycles. The summed E-state index contributed by atoms with van der Waals surface area (Å²) in [5.41, 5.74) is 4.23. The van der Waals surface area contributed by atoms with E-state index in [1.165, 1.54) is 4.90 Å². The van der Waals surface area contributed by atoms with Crippen molar-refractivity contribution in [1.82, 2.24) is 14.9 Å². The minimum Gasteiger partial charge on any atom is -0.495 e. The summed E-state index contributed by atoms with van der Waals surface area (Å²) in [5.74, 6) is -0.216. The molecule has 1 aromatic heterocycles. The number of benzene rings is 2. The molecule has 2 aromatic carbocycles. The zero-order chi connectivity index (χ0) is 23.5. The Morgan fingerprint density at radius 3 is 2.30 bits per heavy atom. The molecule has 4 rings (SSSR count). The van der Waals surface area contributed by atoms with E-state index in [-0.39, 0.29) is 23.1 Å². The monoisotopic (exact) mass is 460 g/mol. The van der Waals surface area contributed by atoms with E-state index in [0.717, 1.165) is 34.3 Å². The van der Waals surface area contributed by atoms with Gasteiger partial charge in [-0.2, -0.15) is 0 Å². The smallest absolute Gasteiger partial charge is 0.278 e. The van der Waals surface area contributed by atoms with E-state index in [1.54, 1.807) is 7.11 Å². The van der Waals surface area contributed by atoms with Gasteiger partial charge in [-0.15, -0.1) is 0 Å². The summed E-state index contributed by atoms with van der Waals surface area (Å²) in [6.07, 6.45) is 0. The van der Waals surface area contributed by atoms with Crippen LogP contribution in [0.25, 0.3) is 0 Å². The molecule has 8 heteroatoms. The number of thioether (sulfide) groups is 1. The fraction of sp³-hybridized carbons (Fsp3) is 0.200. The first kappa shape index (κ1) is 22.5. The number of carbonyl (C=O) groups is 2. The van der Waals surface area contributed by atoms with Crippen molar-refractivity contribution in [3.8, 4) is 5.75 Å². The fourth-order valence-corrected chi connectivity index (χ4v) is 4.55. The van der Waals surface area contributed by atoms with Gasteiger partial charge in [0, 0.05) is 11.4 Å². The van der Waals surface area contributed by atoms with Crippen LogP contribution in [0.4, 0.5) is 5.69 Å². The molecule has 1 aliphatic rings. The number of anilines is 1. The highest BCUT2D eigenvalue weighted by atomic mass is 32.2. The largest absolute Gasteiger partial charge is 0.495 e. The Kier molecular flexibility index (Phi) is 6.46. The van der Waals surface area contributed by atoms with Gasteiger partial charge in [-0.1, -0.05) is 36.4 Å². The molecule has 0 unspecified atom stereocenters. The summed E-state index contributed by atoms with van der Waals surface area (Å²) in [6, 6.07) is 16.9. The fourth-order valence-electron chi connectivity index (χ4n) is 3.55. The van der Waals surface area contributed by atoms with Crippen molar-refractivity contribution in [1.29, 1.82) is 0 Å².